The number of allylic oxidation sites excluding steroid dienone is 5. The second-order valence-electron chi connectivity index (χ2n) is 6.80. The fourth-order valence-electron chi connectivity index (χ4n) is 2.71. The fraction of sp³-hybridized carbons (Fsp3) is 0.524. The Bertz CT molecular complexity index is 608. The van der Waals surface area contributed by atoms with Crippen molar-refractivity contribution in [2.24, 2.45) is 0 Å². The third kappa shape index (κ3) is 6.71. The van der Waals surface area contributed by atoms with E-state index in [0.29, 0.717) is 28.8 Å². The van der Waals surface area contributed by atoms with Crippen molar-refractivity contribution in [1.82, 2.24) is 0 Å². The number of hydrogen-bond donors (Lipinski definition) is 0. The zero-order chi connectivity index (χ0) is 20.8. The molecule has 0 unspecified atom stereocenters. The second kappa shape index (κ2) is 9.55. The SMILES string of the molecule is C=C(C)OC[C@]1(OC(=C)C)OC[C@@H](OC(=C)C)[C@@H](OC(=C)C)[C@@H]1OC(=C)C. The zero-order valence-electron chi connectivity index (χ0n) is 17.1. The Labute approximate surface area is 162 Å². The molecule has 152 valence electrons. The third-order valence-electron chi connectivity index (χ3n) is 3.47. The Kier molecular flexibility index (Phi) is 8.03. The first-order valence-electron chi connectivity index (χ1n) is 8.70. The molecule has 1 aliphatic heterocycles. The molecule has 1 rings (SSSR count). The molecule has 6 nitrogen and oxygen atoms in total. The van der Waals surface area contributed by atoms with Crippen LogP contribution in [0.2, 0.25) is 0 Å². The summed E-state index contributed by atoms with van der Waals surface area (Å²) in [4.78, 5) is 0. The van der Waals surface area contributed by atoms with Gasteiger partial charge in [-0.15, -0.1) is 0 Å². The van der Waals surface area contributed by atoms with Gasteiger partial charge in [0.2, 0.25) is 6.10 Å². The number of hydrogen-bond acceptors (Lipinski definition) is 6. The lowest BCUT2D eigenvalue weighted by Crippen LogP contribution is -2.65. The average molecular weight is 380 g/mol. The van der Waals surface area contributed by atoms with E-state index in [2.05, 4.69) is 32.9 Å². The van der Waals surface area contributed by atoms with Gasteiger partial charge in [-0.25, -0.2) is 0 Å². The molecule has 1 aliphatic rings. The van der Waals surface area contributed by atoms with Crippen molar-refractivity contribution in [2.45, 2.75) is 58.7 Å². The molecule has 0 radical (unpaired) electrons. The summed E-state index contributed by atoms with van der Waals surface area (Å²) in [5.74, 6) is 1.09. The van der Waals surface area contributed by atoms with Gasteiger partial charge in [0.25, 0.3) is 5.79 Å². The van der Waals surface area contributed by atoms with Crippen LogP contribution in [0.5, 0.6) is 0 Å². The molecule has 1 saturated heterocycles. The highest BCUT2D eigenvalue weighted by Crippen LogP contribution is 2.37. The summed E-state index contributed by atoms with van der Waals surface area (Å²) in [5.41, 5.74) is 0. The highest BCUT2D eigenvalue weighted by atomic mass is 16.7. The van der Waals surface area contributed by atoms with Crippen LogP contribution in [-0.2, 0) is 28.4 Å². The summed E-state index contributed by atoms with van der Waals surface area (Å²) >= 11 is 0. The minimum Gasteiger partial charge on any atom is -0.492 e. The van der Waals surface area contributed by atoms with Gasteiger partial charge in [-0.3, -0.25) is 0 Å². The lowest BCUT2D eigenvalue weighted by molar-refractivity contribution is -0.342. The summed E-state index contributed by atoms with van der Waals surface area (Å²) in [6, 6.07) is 0. The molecule has 0 aromatic rings. The molecule has 27 heavy (non-hydrogen) atoms. The second-order valence-corrected chi connectivity index (χ2v) is 6.80. The van der Waals surface area contributed by atoms with Crippen molar-refractivity contribution in [3.8, 4) is 0 Å². The Balaban J connectivity index is 3.37. The van der Waals surface area contributed by atoms with Crippen LogP contribution in [0.3, 0.4) is 0 Å². The highest BCUT2D eigenvalue weighted by molar-refractivity contribution is 5.03. The molecular weight excluding hydrogens is 348 g/mol. The molecule has 6 heteroatoms. The summed E-state index contributed by atoms with van der Waals surface area (Å²) in [7, 11) is 0. The maximum absolute atomic E-state index is 6.07. The highest BCUT2D eigenvalue weighted by Gasteiger charge is 2.58. The van der Waals surface area contributed by atoms with Crippen molar-refractivity contribution in [3.05, 3.63) is 61.7 Å². The van der Waals surface area contributed by atoms with Crippen molar-refractivity contribution in [2.75, 3.05) is 13.2 Å². The van der Waals surface area contributed by atoms with Gasteiger partial charge in [-0.2, -0.15) is 0 Å². The molecule has 0 N–H and O–H groups in total. The van der Waals surface area contributed by atoms with Gasteiger partial charge in [-0.1, -0.05) is 32.9 Å². The molecule has 4 atom stereocenters. The summed E-state index contributed by atoms with van der Waals surface area (Å²) in [6.07, 6.45) is -1.88. The minimum absolute atomic E-state index is 0.0168. The van der Waals surface area contributed by atoms with Gasteiger partial charge < -0.3 is 28.4 Å². The van der Waals surface area contributed by atoms with E-state index in [1.165, 1.54) is 0 Å². The molecule has 0 aromatic heterocycles. The van der Waals surface area contributed by atoms with E-state index in [1.807, 2.05) is 0 Å². The van der Waals surface area contributed by atoms with Crippen LogP contribution in [0.15, 0.2) is 61.7 Å². The predicted octanol–water partition coefficient (Wildman–Crippen LogP) is 4.57. The monoisotopic (exact) mass is 380 g/mol. The Morgan fingerprint density at radius 1 is 0.815 bits per heavy atom. The first kappa shape index (κ1) is 22.7. The van der Waals surface area contributed by atoms with E-state index in [-0.39, 0.29) is 13.2 Å². The summed E-state index contributed by atoms with van der Waals surface area (Å²) in [5, 5.41) is 0. The molecule has 1 fully saturated rings. The molecule has 1 heterocycles. The average Bonchev–Trinajstić information content (AvgIpc) is 2.49. The van der Waals surface area contributed by atoms with Crippen molar-refractivity contribution < 1.29 is 28.4 Å². The van der Waals surface area contributed by atoms with E-state index in [4.69, 9.17) is 28.4 Å². The van der Waals surface area contributed by atoms with E-state index in [0.717, 1.165) is 0 Å². The quantitative estimate of drug-likeness (QED) is 0.490. The van der Waals surface area contributed by atoms with Crippen LogP contribution >= 0.6 is 0 Å². The molecule has 0 bridgehead atoms. The molecule has 0 aliphatic carbocycles. The van der Waals surface area contributed by atoms with Crippen LogP contribution < -0.4 is 0 Å². The van der Waals surface area contributed by atoms with Crippen molar-refractivity contribution in [1.29, 1.82) is 0 Å². The van der Waals surface area contributed by atoms with Crippen LogP contribution in [0.4, 0.5) is 0 Å². The van der Waals surface area contributed by atoms with Gasteiger partial charge in [0.05, 0.1) is 35.4 Å². The fourth-order valence-corrected chi connectivity index (χ4v) is 2.71. The summed E-state index contributed by atoms with van der Waals surface area (Å²) in [6.45, 7) is 27.9. The Hall–Kier alpha value is -2.34. The normalized spacial score (nSPS) is 27.1. The van der Waals surface area contributed by atoms with E-state index >= 15 is 0 Å². The van der Waals surface area contributed by atoms with Crippen LogP contribution in [-0.4, -0.2) is 37.3 Å². The van der Waals surface area contributed by atoms with Gasteiger partial charge in [0.1, 0.15) is 0 Å². The number of rotatable bonds is 11. The first-order chi connectivity index (χ1) is 12.5. The zero-order valence-corrected chi connectivity index (χ0v) is 17.1. The standard InChI is InChI=1S/C21H32O6/c1-13(2)22-12-21(27-17(9)10)20(26-16(7)8)19(25-15(5)6)18(11-23-21)24-14(3)4/h18-20H,1,3,5,7,9,11-12H2,2,4,6,8,10H3/t18-,19-,20+,21-/m1/s1. The topological polar surface area (TPSA) is 55.4 Å². The predicted molar refractivity (Wildman–Crippen MR) is 104 cm³/mol. The van der Waals surface area contributed by atoms with Crippen molar-refractivity contribution in [3.63, 3.8) is 0 Å². The van der Waals surface area contributed by atoms with Crippen LogP contribution in [0, 0.1) is 0 Å². The lowest BCUT2D eigenvalue weighted by Gasteiger charge is -2.48. The molecular formula is C21H32O6. The van der Waals surface area contributed by atoms with E-state index in [1.54, 1.807) is 34.6 Å². The molecule has 0 amide bonds. The Morgan fingerprint density at radius 2 is 1.37 bits per heavy atom. The smallest absolute Gasteiger partial charge is 0.285 e. The minimum atomic E-state index is -1.33. The lowest BCUT2D eigenvalue weighted by atomic mass is 9.95. The van der Waals surface area contributed by atoms with E-state index < -0.39 is 24.1 Å². The molecule has 0 spiro atoms. The first-order valence-corrected chi connectivity index (χ1v) is 8.70. The van der Waals surface area contributed by atoms with Crippen LogP contribution in [0.25, 0.3) is 0 Å². The van der Waals surface area contributed by atoms with Gasteiger partial charge in [-0.05, 0) is 34.6 Å². The maximum Gasteiger partial charge on any atom is 0.285 e. The van der Waals surface area contributed by atoms with Gasteiger partial charge >= 0.3 is 0 Å². The molecule has 0 saturated carbocycles. The number of ether oxygens (including phenoxy) is 6. The molecule has 0 aromatic carbocycles. The van der Waals surface area contributed by atoms with Gasteiger partial charge in [0, 0.05) is 0 Å². The Morgan fingerprint density at radius 3 is 1.81 bits per heavy atom. The third-order valence-corrected chi connectivity index (χ3v) is 3.47. The van der Waals surface area contributed by atoms with Gasteiger partial charge in [0.15, 0.2) is 18.8 Å². The summed E-state index contributed by atoms with van der Waals surface area (Å²) < 4.78 is 35.5. The largest absolute Gasteiger partial charge is 0.492 e. The van der Waals surface area contributed by atoms with Crippen molar-refractivity contribution >= 4 is 0 Å². The maximum atomic E-state index is 6.07. The van der Waals surface area contributed by atoms with Crippen LogP contribution in [0.1, 0.15) is 34.6 Å². The van der Waals surface area contributed by atoms with E-state index in [9.17, 15) is 0 Å².